The summed E-state index contributed by atoms with van der Waals surface area (Å²) in [6, 6.07) is 11.6. The SMILES string of the molecule is C[C@@H](N[C@H](CO)c1ccc(Cl)c(F)c1)c1ccc(Cl)cc1. The summed E-state index contributed by atoms with van der Waals surface area (Å²) < 4.78 is 13.5. The van der Waals surface area contributed by atoms with Crippen LogP contribution in [0.1, 0.15) is 30.1 Å². The van der Waals surface area contributed by atoms with E-state index in [0.29, 0.717) is 10.6 Å². The van der Waals surface area contributed by atoms with Gasteiger partial charge in [0.2, 0.25) is 0 Å². The van der Waals surface area contributed by atoms with E-state index in [9.17, 15) is 9.50 Å². The minimum Gasteiger partial charge on any atom is -0.394 e. The lowest BCUT2D eigenvalue weighted by molar-refractivity contribution is 0.235. The normalized spacial score (nSPS) is 14.0. The summed E-state index contributed by atoms with van der Waals surface area (Å²) in [6.07, 6.45) is 0. The van der Waals surface area contributed by atoms with Crippen LogP contribution in [-0.4, -0.2) is 11.7 Å². The summed E-state index contributed by atoms with van der Waals surface area (Å²) >= 11 is 11.5. The third-order valence-corrected chi connectivity index (χ3v) is 3.91. The van der Waals surface area contributed by atoms with E-state index >= 15 is 0 Å². The molecule has 0 heterocycles. The van der Waals surface area contributed by atoms with Crippen molar-refractivity contribution in [2.45, 2.75) is 19.0 Å². The molecular formula is C16H16Cl2FNO. The molecule has 0 bridgehead atoms. The van der Waals surface area contributed by atoms with Gasteiger partial charge in [0.1, 0.15) is 5.82 Å². The number of nitrogens with one attached hydrogen (secondary N) is 1. The number of benzene rings is 2. The smallest absolute Gasteiger partial charge is 0.142 e. The third kappa shape index (κ3) is 4.17. The molecular weight excluding hydrogens is 312 g/mol. The molecule has 0 amide bonds. The molecule has 2 N–H and O–H groups in total. The fourth-order valence-corrected chi connectivity index (χ4v) is 2.38. The predicted octanol–water partition coefficient (Wildman–Crippen LogP) is 4.52. The molecule has 0 unspecified atom stereocenters. The van der Waals surface area contributed by atoms with Crippen molar-refractivity contribution < 1.29 is 9.50 Å². The topological polar surface area (TPSA) is 32.3 Å². The molecule has 2 atom stereocenters. The van der Waals surface area contributed by atoms with E-state index in [4.69, 9.17) is 23.2 Å². The number of halogens is 3. The second kappa shape index (κ2) is 7.23. The fraction of sp³-hybridized carbons (Fsp3) is 0.250. The minimum atomic E-state index is -0.492. The second-order valence-electron chi connectivity index (χ2n) is 4.85. The van der Waals surface area contributed by atoms with Gasteiger partial charge in [-0.25, -0.2) is 4.39 Å². The van der Waals surface area contributed by atoms with E-state index < -0.39 is 5.82 Å². The van der Waals surface area contributed by atoms with Crippen molar-refractivity contribution in [3.8, 4) is 0 Å². The first-order chi connectivity index (χ1) is 10.0. The number of hydrogen-bond donors (Lipinski definition) is 2. The van der Waals surface area contributed by atoms with Gasteiger partial charge in [-0.05, 0) is 42.3 Å². The lowest BCUT2D eigenvalue weighted by Crippen LogP contribution is -2.27. The molecule has 2 aromatic rings. The summed E-state index contributed by atoms with van der Waals surface area (Å²) in [4.78, 5) is 0. The van der Waals surface area contributed by atoms with Gasteiger partial charge in [0, 0.05) is 11.1 Å². The van der Waals surface area contributed by atoms with Gasteiger partial charge in [-0.1, -0.05) is 41.4 Å². The van der Waals surface area contributed by atoms with Gasteiger partial charge in [-0.3, -0.25) is 0 Å². The highest BCUT2D eigenvalue weighted by Crippen LogP contribution is 2.23. The van der Waals surface area contributed by atoms with Crippen LogP contribution in [-0.2, 0) is 0 Å². The van der Waals surface area contributed by atoms with Gasteiger partial charge >= 0.3 is 0 Å². The Labute approximate surface area is 133 Å². The van der Waals surface area contributed by atoms with Crippen molar-refractivity contribution in [1.82, 2.24) is 5.32 Å². The first-order valence-electron chi connectivity index (χ1n) is 6.58. The Morgan fingerprint density at radius 3 is 2.29 bits per heavy atom. The van der Waals surface area contributed by atoms with Crippen molar-refractivity contribution >= 4 is 23.2 Å². The van der Waals surface area contributed by atoms with E-state index in [1.54, 1.807) is 6.07 Å². The molecule has 2 rings (SSSR count). The first-order valence-corrected chi connectivity index (χ1v) is 7.34. The van der Waals surface area contributed by atoms with Gasteiger partial charge in [-0.2, -0.15) is 0 Å². The maximum absolute atomic E-state index is 13.5. The van der Waals surface area contributed by atoms with Crippen LogP contribution < -0.4 is 5.32 Å². The zero-order valence-corrected chi connectivity index (χ0v) is 13.0. The summed E-state index contributed by atoms with van der Waals surface area (Å²) in [5, 5.41) is 13.5. The van der Waals surface area contributed by atoms with Crippen LogP contribution in [0.3, 0.4) is 0 Å². The van der Waals surface area contributed by atoms with Gasteiger partial charge in [-0.15, -0.1) is 0 Å². The number of aliphatic hydroxyl groups excluding tert-OH is 1. The van der Waals surface area contributed by atoms with Crippen molar-refractivity contribution in [2.75, 3.05) is 6.61 Å². The monoisotopic (exact) mass is 327 g/mol. The summed E-state index contributed by atoms with van der Waals surface area (Å²) in [6.45, 7) is 1.83. The molecule has 0 aromatic heterocycles. The molecule has 5 heteroatoms. The highest BCUT2D eigenvalue weighted by Gasteiger charge is 2.16. The van der Waals surface area contributed by atoms with Gasteiger partial charge < -0.3 is 10.4 Å². The molecule has 112 valence electrons. The molecule has 0 aliphatic rings. The van der Waals surface area contributed by atoms with Crippen LogP contribution in [0.5, 0.6) is 0 Å². The summed E-state index contributed by atoms with van der Waals surface area (Å²) in [5.41, 5.74) is 1.69. The molecule has 0 saturated carbocycles. The second-order valence-corrected chi connectivity index (χ2v) is 5.69. The van der Waals surface area contributed by atoms with Crippen LogP contribution in [0, 0.1) is 5.82 Å². The Morgan fingerprint density at radius 1 is 1.10 bits per heavy atom. The van der Waals surface area contributed by atoms with Crippen molar-refractivity contribution in [3.63, 3.8) is 0 Å². The van der Waals surface area contributed by atoms with Gasteiger partial charge in [0.15, 0.2) is 0 Å². The molecule has 21 heavy (non-hydrogen) atoms. The molecule has 0 saturated heterocycles. The summed E-state index contributed by atoms with van der Waals surface area (Å²) in [5.74, 6) is -0.492. The quantitative estimate of drug-likeness (QED) is 0.846. The zero-order chi connectivity index (χ0) is 15.4. The molecule has 0 radical (unpaired) electrons. The van der Waals surface area contributed by atoms with Crippen LogP contribution in [0.2, 0.25) is 10.0 Å². The van der Waals surface area contributed by atoms with E-state index in [-0.39, 0.29) is 23.7 Å². The molecule has 2 nitrogen and oxygen atoms in total. The lowest BCUT2D eigenvalue weighted by atomic mass is 10.0. The average molecular weight is 328 g/mol. The van der Waals surface area contributed by atoms with E-state index in [2.05, 4.69) is 5.32 Å². The van der Waals surface area contributed by atoms with Crippen LogP contribution >= 0.6 is 23.2 Å². The van der Waals surface area contributed by atoms with Crippen LogP contribution in [0.25, 0.3) is 0 Å². The molecule has 0 aliphatic carbocycles. The lowest BCUT2D eigenvalue weighted by Gasteiger charge is -2.22. The highest BCUT2D eigenvalue weighted by atomic mass is 35.5. The standard InChI is InChI=1S/C16H16Cl2FNO/c1-10(11-2-5-13(17)6-3-11)20-16(9-21)12-4-7-14(18)15(19)8-12/h2-8,10,16,20-21H,9H2,1H3/t10-,16-/m1/s1. The van der Waals surface area contributed by atoms with Gasteiger partial charge in [0.05, 0.1) is 17.7 Å². The molecule has 0 aliphatic heterocycles. The zero-order valence-electron chi connectivity index (χ0n) is 11.5. The number of aliphatic hydroxyl groups is 1. The first kappa shape index (κ1) is 16.2. The number of hydrogen-bond acceptors (Lipinski definition) is 2. The number of rotatable bonds is 5. The molecule has 2 aromatic carbocycles. The Kier molecular flexibility index (Phi) is 5.59. The largest absolute Gasteiger partial charge is 0.394 e. The van der Waals surface area contributed by atoms with E-state index in [0.717, 1.165) is 5.56 Å². The van der Waals surface area contributed by atoms with Crippen molar-refractivity contribution in [2.24, 2.45) is 0 Å². The van der Waals surface area contributed by atoms with E-state index in [1.165, 1.54) is 12.1 Å². The fourth-order valence-electron chi connectivity index (χ4n) is 2.13. The molecule has 0 spiro atoms. The van der Waals surface area contributed by atoms with Gasteiger partial charge in [0.25, 0.3) is 0 Å². The average Bonchev–Trinajstić information content (AvgIpc) is 2.48. The Balaban J connectivity index is 2.14. The van der Waals surface area contributed by atoms with Crippen molar-refractivity contribution in [3.05, 3.63) is 69.5 Å². The Morgan fingerprint density at radius 2 is 1.71 bits per heavy atom. The van der Waals surface area contributed by atoms with Crippen LogP contribution in [0.15, 0.2) is 42.5 Å². The maximum atomic E-state index is 13.5. The highest BCUT2D eigenvalue weighted by molar-refractivity contribution is 6.30. The third-order valence-electron chi connectivity index (χ3n) is 3.35. The Hall–Kier alpha value is -1.13. The summed E-state index contributed by atoms with van der Waals surface area (Å²) in [7, 11) is 0. The van der Waals surface area contributed by atoms with E-state index in [1.807, 2.05) is 31.2 Å². The Bertz CT molecular complexity index is 604. The maximum Gasteiger partial charge on any atom is 0.142 e. The van der Waals surface area contributed by atoms with Crippen LogP contribution in [0.4, 0.5) is 4.39 Å². The predicted molar refractivity (Wildman–Crippen MR) is 84.2 cm³/mol. The minimum absolute atomic E-state index is 0.0156. The van der Waals surface area contributed by atoms with Crippen molar-refractivity contribution in [1.29, 1.82) is 0 Å². The molecule has 0 fully saturated rings.